The third-order valence-electron chi connectivity index (χ3n) is 3.09. The van der Waals surface area contributed by atoms with Crippen molar-refractivity contribution in [3.63, 3.8) is 0 Å². The highest BCUT2D eigenvalue weighted by Crippen LogP contribution is 2.35. The summed E-state index contributed by atoms with van der Waals surface area (Å²) in [4.78, 5) is 0.0901. The Hall–Kier alpha value is -0.540. The lowest BCUT2D eigenvalue weighted by Gasteiger charge is -2.20. The van der Waals surface area contributed by atoms with Crippen LogP contribution < -0.4 is 19.9 Å². The van der Waals surface area contributed by atoms with E-state index >= 15 is 0 Å². The fourth-order valence-electron chi connectivity index (χ4n) is 2.09. The molecule has 1 rings (SSSR count). The first kappa shape index (κ1) is 22.5. The first-order valence-corrected chi connectivity index (χ1v) is 9.16. The molecule has 0 saturated carbocycles. The predicted molar refractivity (Wildman–Crippen MR) is 97.1 cm³/mol. The molecule has 0 aromatic heterocycles. The molecule has 1 atom stereocenters. The van der Waals surface area contributed by atoms with E-state index in [0.717, 1.165) is 0 Å². The van der Waals surface area contributed by atoms with Crippen LogP contribution in [0.1, 0.15) is 20.3 Å². The van der Waals surface area contributed by atoms with Gasteiger partial charge in [-0.1, -0.05) is 13.8 Å². The summed E-state index contributed by atoms with van der Waals surface area (Å²) in [5.41, 5.74) is 5.66. The summed E-state index contributed by atoms with van der Waals surface area (Å²) in [6.45, 7) is 4.27. The maximum Gasteiger partial charge on any atom is 0.242 e. The van der Waals surface area contributed by atoms with Crippen LogP contribution in [0.15, 0.2) is 21.5 Å². The van der Waals surface area contributed by atoms with Crippen LogP contribution in [0.4, 0.5) is 0 Å². The molecule has 0 aliphatic rings. The van der Waals surface area contributed by atoms with Crippen molar-refractivity contribution in [3.8, 4) is 11.5 Å². The van der Waals surface area contributed by atoms with Crippen molar-refractivity contribution < 1.29 is 17.9 Å². The number of hydrogen-bond donors (Lipinski definition) is 2. The number of sulfonamides is 1. The lowest BCUT2D eigenvalue weighted by Crippen LogP contribution is -2.41. The zero-order valence-electron chi connectivity index (χ0n) is 13.6. The second kappa shape index (κ2) is 9.68. The number of nitrogens with one attached hydrogen (secondary N) is 1. The molecule has 134 valence electrons. The van der Waals surface area contributed by atoms with Crippen molar-refractivity contribution in [2.24, 2.45) is 11.7 Å². The fraction of sp³-hybridized carbons (Fsp3) is 0.571. The van der Waals surface area contributed by atoms with Gasteiger partial charge in [-0.2, -0.15) is 0 Å². The zero-order chi connectivity index (χ0) is 16.9. The molecule has 9 heteroatoms. The zero-order valence-corrected chi connectivity index (χ0v) is 16.8. The number of nitrogens with two attached hydrogens (primary N) is 1. The molecule has 0 radical (unpaired) electrons. The Balaban J connectivity index is 0.00000484. The first-order chi connectivity index (χ1) is 10.2. The molecule has 23 heavy (non-hydrogen) atoms. The molecule has 0 aliphatic carbocycles. The maximum absolute atomic E-state index is 12.6. The van der Waals surface area contributed by atoms with Gasteiger partial charge in [0.25, 0.3) is 0 Å². The van der Waals surface area contributed by atoms with Crippen molar-refractivity contribution in [2.75, 3.05) is 20.8 Å². The van der Waals surface area contributed by atoms with Crippen LogP contribution in [-0.2, 0) is 10.0 Å². The molecule has 1 aromatic carbocycles. The largest absolute Gasteiger partial charge is 0.493 e. The van der Waals surface area contributed by atoms with Gasteiger partial charge in [0.2, 0.25) is 10.0 Å². The minimum Gasteiger partial charge on any atom is -0.493 e. The first-order valence-electron chi connectivity index (χ1n) is 6.89. The molecule has 1 unspecified atom stereocenters. The predicted octanol–water partition coefficient (Wildman–Crippen LogP) is 2.54. The van der Waals surface area contributed by atoms with Gasteiger partial charge in [0.15, 0.2) is 11.5 Å². The van der Waals surface area contributed by atoms with E-state index in [-0.39, 0.29) is 29.9 Å². The van der Waals surface area contributed by atoms with E-state index in [9.17, 15) is 8.42 Å². The van der Waals surface area contributed by atoms with Crippen LogP contribution in [0, 0.1) is 5.92 Å². The number of benzene rings is 1. The number of hydrogen-bond acceptors (Lipinski definition) is 5. The van der Waals surface area contributed by atoms with Crippen molar-refractivity contribution >= 4 is 38.4 Å². The van der Waals surface area contributed by atoms with Gasteiger partial charge in [0.05, 0.1) is 14.2 Å². The van der Waals surface area contributed by atoms with Gasteiger partial charge in [-0.15, -0.1) is 12.4 Å². The van der Waals surface area contributed by atoms with E-state index in [4.69, 9.17) is 15.2 Å². The van der Waals surface area contributed by atoms with Crippen LogP contribution in [-0.4, -0.2) is 35.2 Å². The van der Waals surface area contributed by atoms with Gasteiger partial charge in [-0.25, -0.2) is 13.1 Å². The van der Waals surface area contributed by atoms with Gasteiger partial charge in [0, 0.05) is 23.1 Å². The van der Waals surface area contributed by atoms with Gasteiger partial charge in [-0.05, 0) is 34.3 Å². The summed E-state index contributed by atoms with van der Waals surface area (Å²) in [5, 5.41) is 0. The second-order valence-corrected chi connectivity index (χ2v) is 7.86. The number of methoxy groups -OCH3 is 2. The summed E-state index contributed by atoms with van der Waals surface area (Å²) >= 11 is 3.26. The molecule has 0 fully saturated rings. The van der Waals surface area contributed by atoms with E-state index in [1.807, 2.05) is 13.8 Å². The molecular weight excluding hydrogens is 408 g/mol. The van der Waals surface area contributed by atoms with Crippen LogP contribution in [0.3, 0.4) is 0 Å². The van der Waals surface area contributed by atoms with E-state index in [1.165, 1.54) is 20.3 Å². The molecule has 0 saturated heterocycles. The van der Waals surface area contributed by atoms with E-state index in [0.29, 0.717) is 28.3 Å². The summed E-state index contributed by atoms with van der Waals surface area (Å²) in [5.74, 6) is 1.13. The number of rotatable bonds is 8. The Labute approximate surface area is 152 Å². The van der Waals surface area contributed by atoms with Crippen LogP contribution in [0.5, 0.6) is 11.5 Å². The van der Waals surface area contributed by atoms with Crippen LogP contribution >= 0.6 is 28.3 Å². The van der Waals surface area contributed by atoms with Crippen LogP contribution in [0.2, 0.25) is 0 Å². The molecule has 0 bridgehead atoms. The highest BCUT2D eigenvalue weighted by Gasteiger charge is 2.24. The summed E-state index contributed by atoms with van der Waals surface area (Å²) in [6.07, 6.45) is 0.667. The standard InChI is InChI=1S/C14H23BrN2O4S.ClH/c1-9(2)5-10(8-16)17-22(18,19)14-7-13(21-4)12(20-3)6-11(14)15;/h6-7,9-10,17H,5,8,16H2,1-4H3;1H. The lowest BCUT2D eigenvalue weighted by molar-refractivity contribution is 0.353. The molecular formula is C14H24BrClN2O4S. The third-order valence-corrected chi connectivity index (χ3v) is 5.57. The SMILES string of the molecule is COc1cc(Br)c(S(=O)(=O)NC(CN)CC(C)C)cc1OC.Cl. The van der Waals surface area contributed by atoms with Crippen molar-refractivity contribution in [3.05, 3.63) is 16.6 Å². The van der Waals surface area contributed by atoms with Gasteiger partial charge >= 0.3 is 0 Å². The Bertz CT molecular complexity index is 611. The van der Waals surface area contributed by atoms with E-state index < -0.39 is 10.0 Å². The van der Waals surface area contributed by atoms with Crippen molar-refractivity contribution in [1.29, 1.82) is 0 Å². The molecule has 6 nitrogen and oxygen atoms in total. The summed E-state index contributed by atoms with van der Waals surface area (Å²) in [7, 11) is -0.773. The second-order valence-electron chi connectivity index (χ2n) is 5.32. The Morgan fingerprint density at radius 2 is 1.74 bits per heavy atom. The highest BCUT2D eigenvalue weighted by atomic mass is 79.9. The summed E-state index contributed by atoms with van der Waals surface area (Å²) < 4.78 is 38.5. The monoisotopic (exact) mass is 430 g/mol. The average Bonchev–Trinajstić information content (AvgIpc) is 2.44. The van der Waals surface area contributed by atoms with E-state index in [1.54, 1.807) is 6.07 Å². The minimum atomic E-state index is -3.72. The topological polar surface area (TPSA) is 90.7 Å². The quantitative estimate of drug-likeness (QED) is 0.660. The molecule has 0 amide bonds. The molecule has 0 spiro atoms. The normalized spacial score (nSPS) is 12.7. The molecule has 1 aromatic rings. The van der Waals surface area contributed by atoms with Gasteiger partial charge in [0.1, 0.15) is 4.90 Å². The lowest BCUT2D eigenvalue weighted by atomic mass is 10.1. The Morgan fingerprint density at radius 1 is 1.22 bits per heavy atom. The van der Waals surface area contributed by atoms with E-state index in [2.05, 4.69) is 20.7 Å². The molecule has 3 N–H and O–H groups in total. The minimum absolute atomic E-state index is 0. The smallest absolute Gasteiger partial charge is 0.242 e. The highest BCUT2D eigenvalue weighted by molar-refractivity contribution is 9.10. The maximum atomic E-state index is 12.6. The fourth-order valence-corrected chi connectivity index (χ4v) is 4.38. The molecule has 0 heterocycles. The van der Waals surface area contributed by atoms with Gasteiger partial charge in [-0.3, -0.25) is 0 Å². The number of ether oxygens (including phenoxy) is 2. The molecule has 0 aliphatic heterocycles. The number of halogens is 2. The van der Waals surface area contributed by atoms with Crippen molar-refractivity contribution in [1.82, 2.24) is 4.72 Å². The Kier molecular flexibility index (Phi) is 9.46. The van der Waals surface area contributed by atoms with Crippen LogP contribution in [0.25, 0.3) is 0 Å². The van der Waals surface area contributed by atoms with Gasteiger partial charge < -0.3 is 15.2 Å². The summed E-state index contributed by atoms with van der Waals surface area (Å²) in [6, 6.07) is 2.67. The third kappa shape index (κ3) is 6.11. The Morgan fingerprint density at radius 3 is 2.17 bits per heavy atom. The van der Waals surface area contributed by atoms with Crippen molar-refractivity contribution in [2.45, 2.75) is 31.2 Å². The average molecular weight is 432 g/mol.